The molecule has 0 fully saturated rings. The molecule has 0 heterocycles. The summed E-state index contributed by atoms with van der Waals surface area (Å²) in [5.74, 6) is 1.61. The van der Waals surface area contributed by atoms with E-state index in [1.807, 2.05) is 116 Å². The quantitative estimate of drug-likeness (QED) is 0.154. The number of carbonyl (C=O) groups is 1. The van der Waals surface area contributed by atoms with Crippen LogP contribution in [0.4, 0.5) is 11.4 Å². The van der Waals surface area contributed by atoms with Crippen LogP contribution >= 0.6 is 31.9 Å². The lowest BCUT2D eigenvalue weighted by atomic mass is 10.1. The Morgan fingerprint density at radius 1 is 0.636 bits per heavy atom. The van der Waals surface area contributed by atoms with E-state index in [1.54, 1.807) is 0 Å². The van der Waals surface area contributed by atoms with Crippen LogP contribution in [-0.4, -0.2) is 5.91 Å². The number of anilines is 2. The molecule has 0 aromatic heterocycles. The first kappa shape index (κ1) is 31.1. The smallest absolute Gasteiger partial charge is 0.224 e. The number of hydrogen-bond donors (Lipinski definition) is 2. The van der Waals surface area contributed by atoms with Crippen molar-refractivity contribution in [1.82, 2.24) is 0 Å². The van der Waals surface area contributed by atoms with E-state index in [9.17, 15) is 4.79 Å². The molecule has 0 aliphatic heterocycles. The zero-order valence-corrected chi connectivity index (χ0v) is 27.4. The molecular formula is C37H32Br2N2O3. The number of fused-ring (bicyclic) bond motifs is 2. The Kier molecular flexibility index (Phi) is 10.5. The number of amides is 1. The van der Waals surface area contributed by atoms with Crippen molar-refractivity contribution < 1.29 is 14.3 Å². The molecular weight excluding hydrogens is 680 g/mol. The zero-order chi connectivity index (χ0) is 30.9. The van der Waals surface area contributed by atoms with Crippen molar-refractivity contribution in [2.75, 3.05) is 11.1 Å². The SMILES string of the molecule is CCC(=O)Nc1c(Br)cc(OCc2ccccc2)c2ccccc12.Nc1c(Br)cc(OCc2ccccc2)c2ccccc12. The van der Waals surface area contributed by atoms with Gasteiger partial charge in [-0.15, -0.1) is 0 Å². The first-order valence-corrected chi connectivity index (χ1v) is 15.8. The molecule has 0 radical (unpaired) electrons. The van der Waals surface area contributed by atoms with Gasteiger partial charge in [0.2, 0.25) is 5.91 Å². The largest absolute Gasteiger partial charge is 0.488 e. The Morgan fingerprint density at radius 3 is 1.59 bits per heavy atom. The lowest BCUT2D eigenvalue weighted by Crippen LogP contribution is -2.10. The number of halogens is 2. The van der Waals surface area contributed by atoms with Gasteiger partial charge in [0.25, 0.3) is 0 Å². The third-order valence-corrected chi connectivity index (χ3v) is 8.30. The van der Waals surface area contributed by atoms with Gasteiger partial charge >= 0.3 is 0 Å². The highest BCUT2D eigenvalue weighted by Gasteiger charge is 2.13. The fourth-order valence-corrected chi connectivity index (χ4v) is 5.65. The summed E-state index contributed by atoms with van der Waals surface area (Å²) in [6.45, 7) is 2.88. The topological polar surface area (TPSA) is 73.6 Å². The molecule has 3 N–H and O–H groups in total. The average molecular weight is 712 g/mol. The first-order chi connectivity index (χ1) is 21.4. The number of nitrogens with one attached hydrogen (secondary N) is 1. The minimum Gasteiger partial charge on any atom is -0.488 e. The molecule has 0 saturated heterocycles. The molecule has 6 aromatic rings. The van der Waals surface area contributed by atoms with Crippen molar-refractivity contribution in [3.05, 3.63) is 141 Å². The number of benzene rings is 6. The fraction of sp³-hybridized carbons (Fsp3) is 0.108. The van der Waals surface area contributed by atoms with E-state index >= 15 is 0 Å². The van der Waals surface area contributed by atoms with Crippen molar-refractivity contribution in [1.29, 1.82) is 0 Å². The third kappa shape index (κ3) is 7.59. The normalized spacial score (nSPS) is 10.6. The summed E-state index contributed by atoms with van der Waals surface area (Å²) in [5, 5.41) is 6.93. The lowest BCUT2D eigenvalue weighted by Gasteiger charge is -2.15. The lowest BCUT2D eigenvalue weighted by molar-refractivity contribution is -0.115. The van der Waals surface area contributed by atoms with Gasteiger partial charge in [-0.1, -0.05) is 116 Å². The van der Waals surface area contributed by atoms with Gasteiger partial charge in [-0.25, -0.2) is 0 Å². The molecule has 1 amide bonds. The van der Waals surface area contributed by atoms with Gasteiger partial charge in [-0.3, -0.25) is 4.79 Å². The van der Waals surface area contributed by atoms with E-state index < -0.39 is 0 Å². The van der Waals surface area contributed by atoms with Gasteiger partial charge < -0.3 is 20.5 Å². The molecule has 222 valence electrons. The minimum absolute atomic E-state index is 0.0150. The van der Waals surface area contributed by atoms with Gasteiger partial charge in [-0.05, 0) is 55.1 Å². The molecule has 0 saturated carbocycles. The molecule has 0 aliphatic carbocycles. The second-order valence-electron chi connectivity index (χ2n) is 10.0. The van der Waals surface area contributed by atoms with E-state index in [4.69, 9.17) is 15.2 Å². The van der Waals surface area contributed by atoms with Crippen LogP contribution in [0, 0.1) is 0 Å². The first-order valence-electron chi connectivity index (χ1n) is 14.3. The van der Waals surface area contributed by atoms with E-state index in [0.717, 1.165) is 64.5 Å². The highest BCUT2D eigenvalue weighted by molar-refractivity contribution is 9.11. The Labute approximate surface area is 274 Å². The van der Waals surface area contributed by atoms with Crippen molar-refractivity contribution >= 4 is 70.7 Å². The van der Waals surface area contributed by atoms with E-state index in [-0.39, 0.29) is 5.91 Å². The van der Waals surface area contributed by atoms with Gasteiger partial charge in [-0.2, -0.15) is 0 Å². The molecule has 0 aliphatic rings. The van der Waals surface area contributed by atoms with E-state index in [2.05, 4.69) is 49.3 Å². The predicted octanol–water partition coefficient (Wildman–Crippen LogP) is 10.3. The summed E-state index contributed by atoms with van der Waals surface area (Å²) in [6, 6.07) is 39.9. The Balaban J connectivity index is 0.000000177. The maximum absolute atomic E-state index is 11.8. The Bertz CT molecular complexity index is 1880. The summed E-state index contributed by atoms with van der Waals surface area (Å²) in [5.41, 5.74) is 9.87. The van der Waals surface area contributed by atoms with E-state index in [1.165, 1.54) is 0 Å². The Morgan fingerprint density at radius 2 is 1.07 bits per heavy atom. The molecule has 0 bridgehead atoms. The third-order valence-electron chi connectivity index (χ3n) is 7.02. The number of nitrogen functional groups attached to an aromatic ring is 1. The van der Waals surface area contributed by atoms with Gasteiger partial charge in [0, 0.05) is 36.9 Å². The second kappa shape index (κ2) is 14.9. The van der Waals surface area contributed by atoms with Crippen LogP contribution in [0.5, 0.6) is 11.5 Å². The number of hydrogen-bond acceptors (Lipinski definition) is 4. The van der Waals surface area contributed by atoms with Crippen LogP contribution in [0.1, 0.15) is 24.5 Å². The second-order valence-corrected chi connectivity index (χ2v) is 11.8. The van der Waals surface area contributed by atoms with Crippen molar-refractivity contribution in [3.63, 3.8) is 0 Å². The van der Waals surface area contributed by atoms with E-state index in [0.29, 0.717) is 19.6 Å². The summed E-state index contributed by atoms with van der Waals surface area (Å²) >= 11 is 7.05. The summed E-state index contributed by atoms with van der Waals surface area (Å²) in [6.07, 6.45) is 0.438. The summed E-state index contributed by atoms with van der Waals surface area (Å²) < 4.78 is 13.7. The predicted molar refractivity (Wildman–Crippen MR) is 188 cm³/mol. The number of carbonyl (C=O) groups excluding carboxylic acids is 1. The molecule has 0 unspecified atom stereocenters. The van der Waals surface area contributed by atoms with Gasteiger partial charge in [0.05, 0.1) is 11.4 Å². The molecule has 0 spiro atoms. The molecule has 0 atom stereocenters. The Hall–Kier alpha value is -4.33. The van der Waals surface area contributed by atoms with Crippen LogP contribution in [0.15, 0.2) is 130 Å². The van der Waals surface area contributed by atoms with Gasteiger partial charge in [0.15, 0.2) is 0 Å². The van der Waals surface area contributed by atoms with Crippen molar-refractivity contribution in [3.8, 4) is 11.5 Å². The molecule has 6 aromatic carbocycles. The van der Waals surface area contributed by atoms with Gasteiger partial charge in [0.1, 0.15) is 24.7 Å². The standard InChI is InChI=1S/C20H18BrNO2.C17H14BrNO/c1-2-19(23)22-20-16-11-7-6-10-15(16)18(12-17(20)21)24-13-14-8-4-3-5-9-14;18-15-10-16(20-11-12-6-2-1-3-7-12)13-8-4-5-9-14(13)17(15)19/h3-12H,2,13H2,1H3,(H,22,23);1-10H,11,19H2. The van der Waals surface area contributed by atoms with Crippen LogP contribution in [-0.2, 0) is 18.0 Å². The monoisotopic (exact) mass is 710 g/mol. The number of nitrogens with two attached hydrogens (primary N) is 1. The van der Waals surface area contributed by atoms with Crippen LogP contribution < -0.4 is 20.5 Å². The maximum atomic E-state index is 11.8. The molecule has 6 rings (SSSR count). The molecule has 7 heteroatoms. The molecule has 44 heavy (non-hydrogen) atoms. The number of rotatable bonds is 8. The summed E-state index contributed by atoms with van der Waals surface area (Å²) in [4.78, 5) is 11.8. The average Bonchev–Trinajstić information content (AvgIpc) is 3.07. The summed E-state index contributed by atoms with van der Waals surface area (Å²) in [7, 11) is 0. The molecule has 5 nitrogen and oxygen atoms in total. The van der Waals surface area contributed by atoms with Crippen molar-refractivity contribution in [2.45, 2.75) is 26.6 Å². The number of ether oxygens (including phenoxy) is 2. The highest BCUT2D eigenvalue weighted by Crippen LogP contribution is 2.39. The van der Waals surface area contributed by atoms with Crippen LogP contribution in [0.3, 0.4) is 0 Å². The minimum atomic E-state index is -0.0150. The maximum Gasteiger partial charge on any atom is 0.224 e. The zero-order valence-electron chi connectivity index (χ0n) is 24.2. The van der Waals surface area contributed by atoms with Crippen LogP contribution in [0.2, 0.25) is 0 Å². The van der Waals surface area contributed by atoms with Crippen molar-refractivity contribution in [2.24, 2.45) is 0 Å². The van der Waals surface area contributed by atoms with Crippen LogP contribution in [0.25, 0.3) is 21.5 Å². The highest BCUT2D eigenvalue weighted by atomic mass is 79.9. The fourth-order valence-electron chi connectivity index (χ4n) is 4.71.